The maximum absolute atomic E-state index is 12.8. The number of oxazole rings is 1. The number of allylic oxidation sites excluding steroid dienone is 2. The van der Waals surface area contributed by atoms with E-state index in [-0.39, 0.29) is 19.0 Å². The van der Waals surface area contributed by atoms with Crippen LogP contribution in [0.1, 0.15) is 36.2 Å². The molecule has 2 heterocycles. The van der Waals surface area contributed by atoms with Crippen molar-refractivity contribution in [3.63, 3.8) is 0 Å². The Labute approximate surface area is 202 Å². The first-order valence-electron chi connectivity index (χ1n) is 10.8. The van der Waals surface area contributed by atoms with Crippen molar-refractivity contribution in [1.29, 1.82) is 0 Å². The van der Waals surface area contributed by atoms with Crippen molar-refractivity contribution < 1.29 is 26.8 Å². The second-order valence-electron chi connectivity index (χ2n) is 8.29. The Morgan fingerprint density at radius 1 is 1.11 bits per heavy atom. The average molecular weight is 501 g/mol. The number of ether oxygens (including phenoxy) is 1. The fraction of sp³-hybridized carbons (Fsp3) is 0.240. The average Bonchev–Trinajstić information content (AvgIpc) is 3.42. The first kappa shape index (κ1) is 24.8. The first-order chi connectivity index (χ1) is 17.0. The van der Waals surface area contributed by atoms with Crippen molar-refractivity contribution in [3.8, 4) is 17.2 Å². The van der Waals surface area contributed by atoms with E-state index in [1.54, 1.807) is 0 Å². The number of nitrogens with one attached hydrogen (secondary N) is 1. The minimum absolute atomic E-state index is 0.0820. The quantitative estimate of drug-likeness (QED) is 0.374. The normalized spacial score (nSPS) is 12.5. The summed E-state index contributed by atoms with van der Waals surface area (Å²) in [6, 6.07) is 10.2. The highest BCUT2D eigenvalue weighted by Gasteiger charge is 2.30. The summed E-state index contributed by atoms with van der Waals surface area (Å²) in [5, 5.41) is 0. The molecule has 0 aliphatic heterocycles. The fourth-order valence-electron chi connectivity index (χ4n) is 3.51. The van der Waals surface area contributed by atoms with Crippen LogP contribution in [-0.2, 0) is 19.3 Å². The van der Waals surface area contributed by atoms with E-state index in [4.69, 9.17) is 13.7 Å². The topological polar surface area (TPSA) is 103 Å². The number of benzene rings is 2. The van der Waals surface area contributed by atoms with Crippen LogP contribution in [0, 0.1) is 6.92 Å². The van der Waals surface area contributed by atoms with Crippen molar-refractivity contribution in [2.24, 2.45) is 0 Å². The van der Waals surface area contributed by atoms with Gasteiger partial charge in [0.05, 0.1) is 12.1 Å². The second-order valence-corrected chi connectivity index (χ2v) is 8.29. The zero-order valence-corrected chi connectivity index (χ0v) is 19.6. The molecule has 0 atom stereocenters. The van der Waals surface area contributed by atoms with Gasteiger partial charge in [-0.05, 0) is 79.4 Å². The summed E-state index contributed by atoms with van der Waals surface area (Å²) >= 11 is 0. The highest BCUT2D eigenvalue weighted by molar-refractivity contribution is 5.68. The van der Waals surface area contributed by atoms with Gasteiger partial charge in [0.1, 0.15) is 24.3 Å². The number of hydrogen-bond donors (Lipinski definition) is 1. The minimum atomic E-state index is -4.41. The molecule has 0 unspecified atom stereocenters. The monoisotopic (exact) mass is 501 g/mol. The van der Waals surface area contributed by atoms with E-state index < -0.39 is 23.2 Å². The molecule has 0 amide bonds. The van der Waals surface area contributed by atoms with E-state index in [9.17, 15) is 22.8 Å². The van der Waals surface area contributed by atoms with Gasteiger partial charge in [0, 0.05) is 5.56 Å². The molecule has 4 aromatic rings. The number of aromatic nitrogens is 3. The molecule has 1 N–H and O–H groups in total. The molecule has 8 nitrogen and oxygen atoms in total. The summed E-state index contributed by atoms with van der Waals surface area (Å²) in [6.45, 7) is 5.82. The van der Waals surface area contributed by atoms with Gasteiger partial charge in [0.25, 0.3) is 0 Å². The summed E-state index contributed by atoms with van der Waals surface area (Å²) in [6.07, 6.45) is -3.02. The minimum Gasteiger partial charge on any atom is -0.487 e. The lowest BCUT2D eigenvalue weighted by atomic mass is 10.00. The van der Waals surface area contributed by atoms with Crippen LogP contribution in [0.5, 0.6) is 5.75 Å². The molecule has 188 valence electrons. The van der Waals surface area contributed by atoms with Crippen LogP contribution in [0.15, 0.2) is 72.8 Å². The Balaban J connectivity index is 1.47. The zero-order chi connectivity index (χ0) is 26.0. The number of alkyl halides is 3. The van der Waals surface area contributed by atoms with Crippen LogP contribution < -0.4 is 16.2 Å². The van der Waals surface area contributed by atoms with Crippen molar-refractivity contribution in [2.45, 2.75) is 40.1 Å². The predicted molar refractivity (Wildman–Crippen MR) is 124 cm³/mol. The van der Waals surface area contributed by atoms with Crippen molar-refractivity contribution in [1.82, 2.24) is 14.7 Å². The Hall–Kier alpha value is -4.28. The maximum Gasteiger partial charge on any atom is 0.440 e. The molecule has 0 saturated heterocycles. The molecule has 0 saturated carbocycles. The first-order valence-corrected chi connectivity index (χ1v) is 10.8. The van der Waals surface area contributed by atoms with Crippen LogP contribution in [0.4, 0.5) is 13.2 Å². The number of nitrogens with zero attached hydrogens (tertiary/aromatic N) is 2. The Morgan fingerprint density at radius 3 is 2.47 bits per heavy atom. The highest BCUT2D eigenvalue weighted by atomic mass is 19.4. The van der Waals surface area contributed by atoms with Crippen molar-refractivity contribution >= 4 is 5.57 Å². The Kier molecular flexibility index (Phi) is 6.73. The molecule has 0 fully saturated rings. The standard InChI is InChI=1S/C25H22F3N3O5/c1-14-8-18(16(3)15(2)11-31-23(32)30-24(33)36-31)10-21(9-14)34-12-20-13-35-22(29-20)17-4-6-19(7-5-17)25(26,27)28/h4-10,13H,11-12H2,1-3H3,(H,30,32,33)/b16-15-. The van der Waals surface area contributed by atoms with Crippen LogP contribution in [0.3, 0.4) is 0 Å². The summed E-state index contributed by atoms with van der Waals surface area (Å²) in [5.41, 5.74) is 3.01. The lowest BCUT2D eigenvalue weighted by Gasteiger charge is -2.12. The Morgan fingerprint density at radius 2 is 1.83 bits per heavy atom. The largest absolute Gasteiger partial charge is 0.487 e. The van der Waals surface area contributed by atoms with Gasteiger partial charge >= 0.3 is 17.6 Å². The van der Waals surface area contributed by atoms with Gasteiger partial charge in [-0.1, -0.05) is 6.07 Å². The molecule has 2 aromatic carbocycles. The van der Waals surface area contributed by atoms with Gasteiger partial charge in [-0.3, -0.25) is 0 Å². The van der Waals surface area contributed by atoms with Gasteiger partial charge in [-0.15, -0.1) is 4.74 Å². The Bertz CT molecular complexity index is 1520. The summed E-state index contributed by atoms with van der Waals surface area (Å²) in [5.74, 6) is -0.0547. The third-order valence-electron chi connectivity index (χ3n) is 5.53. The summed E-state index contributed by atoms with van der Waals surface area (Å²) in [4.78, 5) is 29.3. The van der Waals surface area contributed by atoms with E-state index in [1.807, 2.05) is 44.0 Å². The zero-order valence-electron chi connectivity index (χ0n) is 19.6. The van der Waals surface area contributed by atoms with Gasteiger partial charge in [-0.2, -0.15) is 13.2 Å². The second kappa shape index (κ2) is 9.76. The third kappa shape index (κ3) is 5.68. The number of hydrogen-bond acceptors (Lipinski definition) is 6. The van der Waals surface area contributed by atoms with E-state index in [0.29, 0.717) is 17.0 Å². The summed E-state index contributed by atoms with van der Waals surface area (Å²) in [7, 11) is 0. The molecule has 0 aliphatic carbocycles. The van der Waals surface area contributed by atoms with E-state index in [2.05, 4.69) is 4.98 Å². The third-order valence-corrected chi connectivity index (χ3v) is 5.53. The van der Waals surface area contributed by atoms with E-state index in [1.165, 1.54) is 18.4 Å². The number of halogens is 3. The summed E-state index contributed by atoms with van der Waals surface area (Å²) < 4.78 is 55.4. The maximum atomic E-state index is 12.8. The predicted octanol–water partition coefficient (Wildman–Crippen LogP) is 5.18. The van der Waals surface area contributed by atoms with Crippen molar-refractivity contribution in [2.75, 3.05) is 0 Å². The van der Waals surface area contributed by atoms with E-state index in [0.717, 1.165) is 39.1 Å². The van der Waals surface area contributed by atoms with Crippen LogP contribution >= 0.6 is 0 Å². The fourth-order valence-corrected chi connectivity index (χ4v) is 3.51. The molecule has 0 aliphatic rings. The molecular formula is C25H22F3N3O5. The smallest absolute Gasteiger partial charge is 0.440 e. The number of H-pyrrole nitrogens is 1. The SMILES string of the molecule is C/C(Cn1oc(=O)[nH]c1=O)=C(\C)c1cc(C)cc(OCc2coc(-c3ccc(C(F)(F)F)cc3)n2)c1. The molecule has 0 spiro atoms. The van der Waals surface area contributed by atoms with Gasteiger partial charge < -0.3 is 13.7 Å². The molecule has 0 bridgehead atoms. The number of aromatic amines is 1. The molecule has 4 rings (SSSR count). The lowest BCUT2D eigenvalue weighted by Crippen LogP contribution is -2.17. The van der Waals surface area contributed by atoms with E-state index >= 15 is 0 Å². The van der Waals surface area contributed by atoms with Gasteiger partial charge in [-0.25, -0.2) is 19.6 Å². The molecular weight excluding hydrogens is 479 g/mol. The lowest BCUT2D eigenvalue weighted by molar-refractivity contribution is -0.137. The highest BCUT2D eigenvalue weighted by Crippen LogP contribution is 2.31. The molecule has 36 heavy (non-hydrogen) atoms. The number of aryl methyl sites for hydroxylation is 1. The van der Waals surface area contributed by atoms with Crippen LogP contribution in [0.25, 0.3) is 17.0 Å². The number of rotatable bonds is 7. The molecule has 2 aromatic heterocycles. The van der Waals surface area contributed by atoms with Crippen LogP contribution in [0.2, 0.25) is 0 Å². The molecule has 11 heteroatoms. The van der Waals surface area contributed by atoms with Gasteiger partial charge in [0.2, 0.25) is 5.89 Å². The van der Waals surface area contributed by atoms with Gasteiger partial charge in [0.15, 0.2) is 0 Å². The van der Waals surface area contributed by atoms with Crippen LogP contribution in [-0.4, -0.2) is 14.7 Å². The van der Waals surface area contributed by atoms with Crippen molar-refractivity contribution in [3.05, 3.63) is 97.7 Å². The molecule has 0 radical (unpaired) electrons.